The van der Waals surface area contributed by atoms with Gasteiger partial charge in [0.25, 0.3) is 0 Å². The molecule has 0 bridgehead atoms. The van der Waals surface area contributed by atoms with Crippen molar-refractivity contribution in [3.63, 3.8) is 0 Å². The first-order valence-electron chi connectivity index (χ1n) is 14.1. The van der Waals surface area contributed by atoms with E-state index in [2.05, 4.69) is 10.9 Å². The molecular formula is C32H29N2O+. The van der Waals surface area contributed by atoms with Crippen LogP contribution in [0, 0.1) is 20.3 Å². The van der Waals surface area contributed by atoms with Gasteiger partial charge in [0.05, 0.1) is 12.1 Å². The van der Waals surface area contributed by atoms with E-state index in [1.54, 1.807) is 6.20 Å². The number of aromatic nitrogens is 1. The summed E-state index contributed by atoms with van der Waals surface area (Å²) >= 11 is 0. The van der Waals surface area contributed by atoms with Crippen LogP contribution in [0.15, 0.2) is 71.3 Å². The zero-order valence-corrected chi connectivity index (χ0v) is 20.0. The zero-order valence-electron chi connectivity index (χ0n) is 24.0. The Morgan fingerprint density at radius 1 is 0.971 bits per heavy atom. The van der Waals surface area contributed by atoms with Crippen LogP contribution >= 0.6 is 0 Å². The predicted octanol–water partition coefficient (Wildman–Crippen LogP) is 8.57. The summed E-state index contributed by atoms with van der Waals surface area (Å²) in [6.45, 7) is 7.50. The van der Waals surface area contributed by atoms with E-state index in [0.717, 1.165) is 51.6 Å². The van der Waals surface area contributed by atoms with Gasteiger partial charge in [-0.2, -0.15) is 0 Å². The van der Waals surface area contributed by atoms with Crippen LogP contribution in [-0.2, 0) is 7.05 Å². The van der Waals surface area contributed by atoms with Gasteiger partial charge >= 0.3 is 0 Å². The van der Waals surface area contributed by atoms with Gasteiger partial charge in [0.2, 0.25) is 5.69 Å². The minimum atomic E-state index is -2.32. The lowest BCUT2D eigenvalue weighted by molar-refractivity contribution is -0.660. The van der Waals surface area contributed by atoms with Gasteiger partial charge in [-0.1, -0.05) is 67.4 Å². The molecule has 1 aliphatic rings. The van der Waals surface area contributed by atoms with Crippen molar-refractivity contribution < 1.29 is 14.5 Å². The number of benzene rings is 3. The second kappa shape index (κ2) is 8.40. The number of aryl methyl sites for hydroxylation is 3. The molecule has 1 fully saturated rings. The van der Waals surface area contributed by atoms with E-state index >= 15 is 0 Å². The summed E-state index contributed by atoms with van der Waals surface area (Å²) in [4.78, 5) is 3.79. The molecule has 0 unspecified atom stereocenters. The number of hydrogen-bond acceptors (Lipinski definition) is 1. The summed E-state index contributed by atoms with van der Waals surface area (Å²) in [6, 6.07) is 19.6. The van der Waals surface area contributed by atoms with Gasteiger partial charge in [-0.3, -0.25) is 0 Å². The molecule has 0 atom stereocenters. The van der Waals surface area contributed by atoms with E-state index in [0.29, 0.717) is 35.3 Å². The molecule has 3 aromatic carbocycles. The predicted molar refractivity (Wildman–Crippen MR) is 143 cm³/mol. The molecular weight excluding hydrogens is 428 g/mol. The Labute approximate surface area is 212 Å². The van der Waals surface area contributed by atoms with Gasteiger partial charge < -0.3 is 4.42 Å². The summed E-state index contributed by atoms with van der Waals surface area (Å²) in [5.74, 6) is -0.923. The third-order valence-electron chi connectivity index (χ3n) is 7.30. The topological polar surface area (TPSA) is 21.4 Å². The summed E-state index contributed by atoms with van der Waals surface area (Å²) in [6.07, 6.45) is 4.82. The van der Waals surface area contributed by atoms with E-state index < -0.39 is 12.7 Å². The van der Waals surface area contributed by atoms with Crippen molar-refractivity contribution in [3.8, 4) is 22.4 Å². The van der Waals surface area contributed by atoms with Crippen LogP contribution in [0.25, 0.3) is 49.2 Å². The first-order valence-corrected chi connectivity index (χ1v) is 12.1. The van der Waals surface area contributed by atoms with Gasteiger partial charge in [0.1, 0.15) is 18.2 Å². The molecule has 1 aliphatic carbocycles. The first kappa shape index (κ1) is 17.5. The van der Waals surface area contributed by atoms with Gasteiger partial charge in [-0.05, 0) is 49.2 Å². The van der Waals surface area contributed by atoms with E-state index in [-0.39, 0.29) is 5.56 Å². The van der Waals surface area contributed by atoms with Crippen LogP contribution in [0.1, 0.15) is 53.8 Å². The molecule has 0 N–H and O–H groups in total. The Kier molecular flexibility index (Phi) is 4.20. The third kappa shape index (κ3) is 3.44. The van der Waals surface area contributed by atoms with Crippen molar-refractivity contribution in [3.05, 3.63) is 95.0 Å². The van der Waals surface area contributed by atoms with Crippen LogP contribution in [0.3, 0.4) is 0 Å². The maximum Gasteiger partial charge on any atom is 0.216 e. The average Bonchev–Trinajstić information content (AvgIpc) is 3.52. The van der Waals surface area contributed by atoms with E-state index in [9.17, 15) is 1.37 Å². The molecule has 3 heteroatoms. The lowest BCUT2D eigenvalue weighted by Crippen LogP contribution is -2.32. The lowest BCUT2D eigenvalue weighted by atomic mass is 9.91. The molecule has 5 aromatic rings. The Hall–Kier alpha value is -3.90. The molecule has 2 heterocycles. The Bertz CT molecular complexity index is 1790. The summed E-state index contributed by atoms with van der Waals surface area (Å²) in [5.41, 5.74) is 7.05. The highest BCUT2D eigenvalue weighted by atomic mass is 16.3. The first-order chi connectivity index (χ1) is 18.6. The highest BCUT2D eigenvalue weighted by Gasteiger charge is 2.27. The average molecular weight is 462 g/mol. The van der Waals surface area contributed by atoms with Crippen molar-refractivity contribution in [2.45, 2.75) is 45.4 Å². The Balaban J connectivity index is 1.68. The lowest BCUT2D eigenvalue weighted by Gasteiger charge is -2.14. The number of furan rings is 1. The maximum atomic E-state index is 9.23. The van der Waals surface area contributed by atoms with E-state index in [1.165, 1.54) is 0 Å². The quantitative estimate of drug-likeness (QED) is 0.195. The summed E-state index contributed by atoms with van der Waals surface area (Å²) in [5, 5.41) is 1.86. The molecule has 172 valence electrons. The number of pyridine rings is 1. The standard InChI is InChI=1S/C32H29N2O/c1-20-14-15-24-25-16-17-27(33-3)30(23-12-6-5-7-13-23)32(25)35-31(24)29(20)28-18-26(21(2)19-34(28)4)22-10-8-9-11-22/h5-7,12-19,22H,8-11H2,1-2,4H3/q+1/i2D3,22D. The minimum Gasteiger partial charge on any atom is -0.456 e. The van der Waals surface area contributed by atoms with Crippen molar-refractivity contribution in [2.24, 2.45) is 7.05 Å². The van der Waals surface area contributed by atoms with Crippen molar-refractivity contribution in [1.82, 2.24) is 0 Å². The highest BCUT2D eigenvalue weighted by molar-refractivity contribution is 6.15. The minimum absolute atomic E-state index is 0.244. The van der Waals surface area contributed by atoms with E-state index in [1.807, 2.05) is 73.1 Å². The molecule has 0 spiro atoms. The number of nitrogens with zero attached hydrogens (tertiary/aromatic N) is 2. The monoisotopic (exact) mass is 461 g/mol. The van der Waals surface area contributed by atoms with Gasteiger partial charge in [0, 0.05) is 33.4 Å². The second-order valence-corrected chi connectivity index (χ2v) is 9.46. The fraction of sp³-hybridized carbons (Fsp3) is 0.250. The molecule has 3 nitrogen and oxygen atoms in total. The van der Waals surface area contributed by atoms with Gasteiger partial charge in [-0.15, -0.1) is 0 Å². The van der Waals surface area contributed by atoms with E-state index in [4.69, 9.17) is 15.1 Å². The molecule has 1 saturated carbocycles. The van der Waals surface area contributed by atoms with Crippen molar-refractivity contribution in [1.29, 1.82) is 0 Å². The SMILES string of the molecule is [2H]C([2H])([2H])c1c[n+](C)c(-c2c(C)ccc3c2oc2c(-c4ccccc4)c([N+]#[C-])ccc23)cc1C1([2H])CCCC1. The highest BCUT2D eigenvalue weighted by Crippen LogP contribution is 2.45. The van der Waals surface area contributed by atoms with Gasteiger partial charge in [0.15, 0.2) is 11.9 Å². The van der Waals surface area contributed by atoms with Crippen molar-refractivity contribution in [2.75, 3.05) is 0 Å². The summed E-state index contributed by atoms with van der Waals surface area (Å²) in [7, 11) is 1.85. The third-order valence-corrected chi connectivity index (χ3v) is 7.30. The Morgan fingerprint density at radius 3 is 2.40 bits per heavy atom. The molecule has 0 amide bonds. The van der Waals surface area contributed by atoms with Crippen LogP contribution in [0.5, 0.6) is 0 Å². The fourth-order valence-electron chi connectivity index (χ4n) is 5.55. The number of rotatable bonds is 3. The molecule has 0 radical (unpaired) electrons. The molecule has 35 heavy (non-hydrogen) atoms. The zero-order chi connectivity index (χ0) is 27.5. The maximum absolute atomic E-state index is 9.23. The summed E-state index contributed by atoms with van der Waals surface area (Å²) < 4.78 is 42.4. The van der Waals surface area contributed by atoms with Gasteiger partial charge in [-0.25, -0.2) is 9.41 Å². The molecule has 2 aromatic heterocycles. The van der Waals surface area contributed by atoms with Crippen LogP contribution < -0.4 is 4.57 Å². The smallest absolute Gasteiger partial charge is 0.216 e. The van der Waals surface area contributed by atoms with Crippen LogP contribution in [-0.4, -0.2) is 0 Å². The van der Waals surface area contributed by atoms with Crippen molar-refractivity contribution >= 4 is 27.6 Å². The number of hydrogen-bond donors (Lipinski definition) is 0. The molecule has 0 aliphatic heterocycles. The Morgan fingerprint density at radius 2 is 1.69 bits per heavy atom. The number of fused-ring (bicyclic) bond motifs is 3. The fourth-order valence-corrected chi connectivity index (χ4v) is 5.55. The normalized spacial score (nSPS) is 17.1. The van der Waals surface area contributed by atoms with Crippen LogP contribution in [0.4, 0.5) is 5.69 Å². The molecule has 6 rings (SSSR count). The molecule has 0 saturated heterocycles. The largest absolute Gasteiger partial charge is 0.456 e. The van der Waals surface area contributed by atoms with Crippen LogP contribution in [0.2, 0.25) is 0 Å². The second-order valence-electron chi connectivity index (χ2n) is 9.46.